The van der Waals surface area contributed by atoms with E-state index in [1.807, 2.05) is 0 Å². The van der Waals surface area contributed by atoms with Crippen LogP contribution in [0.4, 0.5) is 4.79 Å². The summed E-state index contributed by atoms with van der Waals surface area (Å²) in [4.78, 5) is 39.1. The molecule has 162 valence electrons. The topological polar surface area (TPSA) is 112 Å². The Balaban J connectivity index is 1.72. The Bertz CT molecular complexity index is 700. The van der Waals surface area contributed by atoms with E-state index in [0.717, 1.165) is 11.3 Å². The molecule has 3 aliphatic heterocycles. The SMILES string of the molecule is CC(C)OC(=O)OC(C)OC(=O)C1=C(CC2CCOC2)S[C@@H]2[C@@H]([C@@H](C)O)C(=O)N12. The van der Waals surface area contributed by atoms with Crippen LogP contribution in [0.1, 0.15) is 40.5 Å². The number of amides is 1. The summed E-state index contributed by atoms with van der Waals surface area (Å²) >= 11 is 1.41. The van der Waals surface area contributed by atoms with Gasteiger partial charge in [0, 0.05) is 25.0 Å². The number of rotatable bonds is 7. The third-order valence-electron chi connectivity index (χ3n) is 4.93. The summed E-state index contributed by atoms with van der Waals surface area (Å²) in [6.07, 6.45) is -1.82. The van der Waals surface area contributed by atoms with E-state index in [1.54, 1.807) is 20.8 Å². The first-order valence-electron chi connectivity index (χ1n) is 9.76. The number of ether oxygens (including phenoxy) is 4. The highest BCUT2D eigenvalue weighted by molar-refractivity contribution is 8.04. The minimum absolute atomic E-state index is 0.168. The van der Waals surface area contributed by atoms with Gasteiger partial charge in [0.15, 0.2) is 0 Å². The molecule has 3 heterocycles. The molecular weight excluding hydrogens is 402 g/mol. The van der Waals surface area contributed by atoms with Crippen molar-refractivity contribution in [2.75, 3.05) is 13.2 Å². The first kappa shape index (κ1) is 21.9. The van der Waals surface area contributed by atoms with E-state index in [-0.39, 0.29) is 29.0 Å². The fourth-order valence-corrected chi connectivity index (χ4v) is 5.30. The molecule has 1 N–H and O–H groups in total. The van der Waals surface area contributed by atoms with E-state index in [4.69, 9.17) is 18.9 Å². The highest BCUT2D eigenvalue weighted by Gasteiger charge is 2.58. The van der Waals surface area contributed by atoms with Gasteiger partial charge in [-0.25, -0.2) is 9.59 Å². The number of aliphatic hydroxyl groups is 1. The fraction of sp³-hybridized carbons (Fsp3) is 0.737. The van der Waals surface area contributed by atoms with Gasteiger partial charge in [-0.3, -0.25) is 9.69 Å². The number of thioether (sulfide) groups is 1. The zero-order valence-corrected chi connectivity index (χ0v) is 17.8. The monoisotopic (exact) mass is 429 g/mol. The maximum Gasteiger partial charge on any atom is 0.511 e. The molecule has 9 nitrogen and oxygen atoms in total. The maximum atomic E-state index is 12.8. The molecule has 10 heteroatoms. The number of β-lactam (4-membered cyclic amide) rings is 1. The van der Waals surface area contributed by atoms with E-state index in [1.165, 1.54) is 23.6 Å². The third kappa shape index (κ3) is 4.70. The minimum Gasteiger partial charge on any atom is -0.431 e. The van der Waals surface area contributed by atoms with Crippen molar-refractivity contribution >= 4 is 29.8 Å². The zero-order valence-electron chi connectivity index (χ0n) is 17.0. The molecule has 0 aromatic rings. The van der Waals surface area contributed by atoms with Crippen LogP contribution < -0.4 is 0 Å². The molecule has 0 spiro atoms. The van der Waals surface area contributed by atoms with Gasteiger partial charge in [-0.1, -0.05) is 0 Å². The van der Waals surface area contributed by atoms with Crippen molar-refractivity contribution in [3.05, 3.63) is 10.6 Å². The second-order valence-corrected chi connectivity index (χ2v) is 8.91. The standard InChI is InChI=1S/C19H27NO8S/c1-9(2)26-19(24)28-11(4)27-18(23)15-13(7-12-5-6-25-8-12)29-17-14(10(3)21)16(22)20(15)17/h9-12,14,17,21H,5-8H2,1-4H3/t10-,11?,12?,14+,17-/m1/s1. The molecule has 3 rings (SSSR count). The molecule has 2 fully saturated rings. The normalized spacial score (nSPS) is 28.1. The smallest absolute Gasteiger partial charge is 0.431 e. The van der Waals surface area contributed by atoms with Crippen LogP contribution in [0.15, 0.2) is 10.6 Å². The first-order chi connectivity index (χ1) is 13.7. The average Bonchev–Trinajstić information content (AvgIpc) is 3.19. The lowest BCUT2D eigenvalue weighted by molar-refractivity contribution is -0.171. The Morgan fingerprint density at radius 2 is 1.97 bits per heavy atom. The van der Waals surface area contributed by atoms with Gasteiger partial charge in [-0.2, -0.15) is 0 Å². The quantitative estimate of drug-likeness (QED) is 0.369. The van der Waals surface area contributed by atoms with Crippen LogP contribution in [-0.4, -0.2) is 65.1 Å². The van der Waals surface area contributed by atoms with Crippen molar-refractivity contribution in [3.63, 3.8) is 0 Å². The predicted octanol–water partition coefficient (Wildman–Crippen LogP) is 1.99. The van der Waals surface area contributed by atoms with Crippen molar-refractivity contribution in [2.45, 2.75) is 64.4 Å². The molecule has 2 saturated heterocycles. The van der Waals surface area contributed by atoms with Crippen LogP contribution in [0.3, 0.4) is 0 Å². The number of nitrogens with zero attached hydrogens (tertiary/aromatic N) is 1. The molecule has 2 unspecified atom stereocenters. The summed E-state index contributed by atoms with van der Waals surface area (Å²) in [5.74, 6) is -1.35. The largest absolute Gasteiger partial charge is 0.511 e. The molecule has 0 aliphatic carbocycles. The van der Waals surface area contributed by atoms with E-state index >= 15 is 0 Å². The molecule has 5 atom stereocenters. The van der Waals surface area contributed by atoms with Crippen LogP contribution >= 0.6 is 11.8 Å². The lowest BCUT2D eigenvalue weighted by Crippen LogP contribution is -2.60. The van der Waals surface area contributed by atoms with E-state index in [9.17, 15) is 19.5 Å². The van der Waals surface area contributed by atoms with Gasteiger partial charge in [0.1, 0.15) is 11.1 Å². The number of carbonyl (C=O) groups is 3. The minimum atomic E-state index is -1.18. The summed E-state index contributed by atoms with van der Waals surface area (Å²) in [7, 11) is 0. The second-order valence-electron chi connectivity index (χ2n) is 7.70. The fourth-order valence-electron chi connectivity index (χ4n) is 3.58. The van der Waals surface area contributed by atoms with Crippen LogP contribution in [0.25, 0.3) is 0 Å². The molecule has 29 heavy (non-hydrogen) atoms. The number of hydrogen-bond acceptors (Lipinski definition) is 9. The summed E-state index contributed by atoms with van der Waals surface area (Å²) < 4.78 is 20.5. The van der Waals surface area contributed by atoms with E-state index in [2.05, 4.69) is 0 Å². The van der Waals surface area contributed by atoms with Crippen molar-refractivity contribution in [3.8, 4) is 0 Å². The summed E-state index contributed by atoms with van der Waals surface area (Å²) in [5, 5.41) is 9.59. The molecule has 0 bridgehead atoms. The molecule has 0 radical (unpaired) electrons. The van der Waals surface area contributed by atoms with Gasteiger partial charge >= 0.3 is 12.1 Å². The predicted molar refractivity (Wildman–Crippen MR) is 102 cm³/mol. The van der Waals surface area contributed by atoms with Crippen molar-refractivity contribution in [2.24, 2.45) is 11.8 Å². The summed E-state index contributed by atoms with van der Waals surface area (Å²) in [5.41, 5.74) is 0.168. The second kappa shape index (κ2) is 8.93. The van der Waals surface area contributed by atoms with E-state index in [0.29, 0.717) is 19.6 Å². The van der Waals surface area contributed by atoms with Gasteiger partial charge in [-0.05, 0) is 39.5 Å². The first-order valence-corrected chi connectivity index (χ1v) is 10.6. The number of allylic oxidation sites excluding steroid dienone is 1. The average molecular weight is 429 g/mol. The van der Waals surface area contributed by atoms with Gasteiger partial charge in [-0.15, -0.1) is 11.8 Å². The Kier molecular flexibility index (Phi) is 6.75. The number of esters is 1. The number of carbonyl (C=O) groups excluding carboxylic acids is 3. The highest BCUT2D eigenvalue weighted by Crippen LogP contribution is 2.52. The van der Waals surface area contributed by atoms with Gasteiger partial charge in [0.2, 0.25) is 12.2 Å². The van der Waals surface area contributed by atoms with Crippen molar-refractivity contribution in [1.29, 1.82) is 0 Å². The molecule has 0 aromatic heterocycles. The molecule has 3 aliphatic rings. The lowest BCUT2D eigenvalue weighted by atomic mass is 9.92. The zero-order chi connectivity index (χ0) is 21.3. The molecule has 1 amide bonds. The van der Waals surface area contributed by atoms with Gasteiger partial charge in [0.25, 0.3) is 0 Å². The van der Waals surface area contributed by atoms with Gasteiger partial charge < -0.3 is 24.1 Å². The Morgan fingerprint density at radius 1 is 1.24 bits per heavy atom. The highest BCUT2D eigenvalue weighted by atomic mass is 32.2. The lowest BCUT2D eigenvalue weighted by Gasteiger charge is -2.43. The number of fused-ring (bicyclic) bond motifs is 1. The van der Waals surface area contributed by atoms with Gasteiger partial charge in [0.05, 0.1) is 18.1 Å². The molecule has 0 aromatic carbocycles. The van der Waals surface area contributed by atoms with Crippen LogP contribution in [0.2, 0.25) is 0 Å². The number of hydrogen-bond donors (Lipinski definition) is 1. The molecule has 0 saturated carbocycles. The third-order valence-corrected chi connectivity index (χ3v) is 6.32. The van der Waals surface area contributed by atoms with E-state index < -0.39 is 30.4 Å². The Hall–Kier alpha value is -1.78. The van der Waals surface area contributed by atoms with Crippen LogP contribution in [0, 0.1) is 11.8 Å². The molecular formula is C19H27NO8S. The Labute approximate surface area is 173 Å². The maximum absolute atomic E-state index is 12.8. The van der Waals surface area contributed by atoms with Crippen molar-refractivity contribution < 1.29 is 38.4 Å². The van der Waals surface area contributed by atoms with Crippen molar-refractivity contribution in [1.82, 2.24) is 4.90 Å². The Morgan fingerprint density at radius 3 is 2.55 bits per heavy atom. The van der Waals surface area contributed by atoms with Crippen LogP contribution in [0.5, 0.6) is 0 Å². The number of aliphatic hydroxyl groups excluding tert-OH is 1. The van der Waals surface area contributed by atoms with Crippen LogP contribution in [-0.2, 0) is 28.5 Å². The summed E-state index contributed by atoms with van der Waals surface area (Å²) in [6, 6.07) is 0. The summed E-state index contributed by atoms with van der Waals surface area (Å²) in [6.45, 7) is 7.59.